The highest BCUT2D eigenvalue weighted by molar-refractivity contribution is 5.68. The van der Waals surface area contributed by atoms with Gasteiger partial charge in [0.2, 0.25) is 0 Å². The average Bonchev–Trinajstić information content (AvgIpc) is 2.28. The maximum atomic E-state index is 10.7. The van der Waals surface area contributed by atoms with Crippen LogP contribution < -0.4 is 9.47 Å². The summed E-state index contributed by atoms with van der Waals surface area (Å²) < 4.78 is 11.1. The quantitative estimate of drug-likeness (QED) is 0.875. The summed E-state index contributed by atoms with van der Waals surface area (Å²) in [6, 6.07) is 3.86. The number of carboxylic acids is 1. The van der Waals surface area contributed by atoms with Crippen molar-refractivity contribution in [1.29, 1.82) is 0 Å². The van der Waals surface area contributed by atoms with Gasteiger partial charge in [-0.1, -0.05) is 13.0 Å². The van der Waals surface area contributed by atoms with E-state index in [0.717, 1.165) is 22.6 Å². The molecule has 1 heterocycles. The highest BCUT2D eigenvalue weighted by Crippen LogP contribution is 2.37. The molecule has 1 unspecified atom stereocenters. The maximum absolute atomic E-state index is 10.7. The Morgan fingerprint density at radius 1 is 1.41 bits per heavy atom. The minimum absolute atomic E-state index is 0.0259. The van der Waals surface area contributed by atoms with Crippen LogP contribution in [0.4, 0.5) is 0 Å². The zero-order valence-electron chi connectivity index (χ0n) is 10.0. The van der Waals surface area contributed by atoms with Crippen molar-refractivity contribution in [2.75, 3.05) is 13.2 Å². The Morgan fingerprint density at radius 2 is 2.12 bits per heavy atom. The van der Waals surface area contributed by atoms with Crippen molar-refractivity contribution in [3.63, 3.8) is 0 Å². The fraction of sp³-hybridized carbons (Fsp3) is 0.462. The van der Waals surface area contributed by atoms with Gasteiger partial charge in [-0.15, -0.1) is 0 Å². The van der Waals surface area contributed by atoms with Gasteiger partial charge in [-0.2, -0.15) is 0 Å². The number of hydrogen-bond acceptors (Lipinski definition) is 3. The highest BCUT2D eigenvalue weighted by atomic mass is 16.6. The van der Waals surface area contributed by atoms with Crippen LogP contribution in [0, 0.1) is 6.92 Å². The van der Waals surface area contributed by atoms with Gasteiger partial charge in [0.05, 0.1) is 6.42 Å². The smallest absolute Gasteiger partial charge is 0.303 e. The second-order valence-electron chi connectivity index (χ2n) is 4.36. The first-order valence-electron chi connectivity index (χ1n) is 5.70. The molecule has 1 aliphatic rings. The first-order chi connectivity index (χ1) is 8.08. The lowest BCUT2D eigenvalue weighted by molar-refractivity contribution is -0.137. The van der Waals surface area contributed by atoms with Crippen molar-refractivity contribution in [1.82, 2.24) is 0 Å². The third-order valence-corrected chi connectivity index (χ3v) is 2.90. The molecule has 0 saturated heterocycles. The van der Waals surface area contributed by atoms with E-state index >= 15 is 0 Å². The lowest BCUT2D eigenvalue weighted by Crippen LogP contribution is -2.16. The van der Waals surface area contributed by atoms with Gasteiger partial charge in [-0.3, -0.25) is 4.79 Å². The molecule has 0 saturated carbocycles. The minimum atomic E-state index is -0.787. The molecule has 0 aromatic heterocycles. The monoisotopic (exact) mass is 236 g/mol. The fourth-order valence-corrected chi connectivity index (χ4v) is 2.02. The number of carboxylic acid groups (broad SMARTS) is 1. The molecule has 0 bridgehead atoms. The van der Waals surface area contributed by atoms with Crippen LogP contribution in [-0.2, 0) is 4.79 Å². The van der Waals surface area contributed by atoms with E-state index < -0.39 is 5.97 Å². The van der Waals surface area contributed by atoms with Gasteiger partial charge in [0.15, 0.2) is 11.5 Å². The topological polar surface area (TPSA) is 55.8 Å². The highest BCUT2D eigenvalue weighted by Gasteiger charge is 2.18. The van der Waals surface area contributed by atoms with Crippen LogP contribution in [0.15, 0.2) is 12.1 Å². The van der Waals surface area contributed by atoms with Crippen LogP contribution in [0.25, 0.3) is 0 Å². The van der Waals surface area contributed by atoms with Crippen LogP contribution in [0.3, 0.4) is 0 Å². The van der Waals surface area contributed by atoms with Crippen molar-refractivity contribution in [2.45, 2.75) is 26.2 Å². The Hall–Kier alpha value is -1.71. The Bertz CT molecular complexity index is 439. The molecule has 1 aliphatic heterocycles. The van der Waals surface area contributed by atoms with Crippen molar-refractivity contribution in [3.05, 3.63) is 23.3 Å². The predicted molar refractivity (Wildman–Crippen MR) is 62.8 cm³/mol. The first-order valence-corrected chi connectivity index (χ1v) is 5.70. The van der Waals surface area contributed by atoms with Gasteiger partial charge in [0.1, 0.15) is 13.2 Å². The number of benzene rings is 1. The maximum Gasteiger partial charge on any atom is 0.303 e. The molecule has 17 heavy (non-hydrogen) atoms. The molecule has 1 aromatic carbocycles. The van der Waals surface area contributed by atoms with E-state index in [1.54, 1.807) is 0 Å². The lowest BCUT2D eigenvalue weighted by atomic mass is 9.95. The molecule has 1 atom stereocenters. The predicted octanol–water partition coefficient (Wildman–Crippen LogP) is 2.34. The van der Waals surface area contributed by atoms with E-state index in [1.807, 2.05) is 26.0 Å². The van der Waals surface area contributed by atoms with E-state index in [0.29, 0.717) is 13.2 Å². The largest absolute Gasteiger partial charge is 0.486 e. The van der Waals surface area contributed by atoms with Crippen LogP contribution in [-0.4, -0.2) is 24.3 Å². The Morgan fingerprint density at radius 3 is 2.82 bits per heavy atom. The normalized spacial score (nSPS) is 15.4. The van der Waals surface area contributed by atoms with E-state index in [2.05, 4.69) is 0 Å². The number of fused-ring (bicyclic) bond motifs is 1. The Kier molecular flexibility index (Phi) is 3.22. The molecule has 0 amide bonds. The van der Waals surface area contributed by atoms with E-state index in [4.69, 9.17) is 14.6 Å². The summed E-state index contributed by atoms with van der Waals surface area (Å²) in [6.45, 7) is 4.96. The molecule has 92 valence electrons. The molecule has 0 radical (unpaired) electrons. The molecule has 4 nitrogen and oxygen atoms in total. The third-order valence-electron chi connectivity index (χ3n) is 2.90. The number of hydrogen-bond donors (Lipinski definition) is 1. The van der Waals surface area contributed by atoms with Crippen LogP contribution >= 0.6 is 0 Å². The van der Waals surface area contributed by atoms with Gasteiger partial charge in [0.25, 0.3) is 0 Å². The average molecular weight is 236 g/mol. The van der Waals surface area contributed by atoms with E-state index in [-0.39, 0.29) is 12.3 Å². The second-order valence-corrected chi connectivity index (χ2v) is 4.36. The van der Waals surface area contributed by atoms with Crippen molar-refractivity contribution < 1.29 is 19.4 Å². The van der Waals surface area contributed by atoms with Gasteiger partial charge < -0.3 is 14.6 Å². The summed E-state index contributed by atoms with van der Waals surface area (Å²) in [7, 11) is 0. The number of rotatable bonds is 3. The molecule has 0 fully saturated rings. The van der Waals surface area contributed by atoms with Crippen LogP contribution in [0.5, 0.6) is 11.5 Å². The summed E-state index contributed by atoms with van der Waals surface area (Å²) >= 11 is 0. The van der Waals surface area contributed by atoms with Gasteiger partial charge >= 0.3 is 5.97 Å². The molecular formula is C13H16O4. The molecule has 4 heteroatoms. The molecule has 2 rings (SSSR count). The number of aryl methyl sites for hydroxylation is 1. The van der Waals surface area contributed by atoms with Crippen LogP contribution in [0.2, 0.25) is 0 Å². The molecular weight excluding hydrogens is 220 g/mol. The van der Waals surface area contributed by atoms with Crippen molar-refractivity contribution in [2.24, 2.45) is 0 Å². The number of carbonyl (C=O) groups is 1. The summed E-state index contributed by atoms with van der Waals surface area (Å²) in [6.07, 6.45) is 0.124. The van der Waals surface area contributed by atoms with Gasteiger partial charge in [0, 0.05) is 0 Å². The number of ether oxygens (including phenoxy) is 2. The standard InChI is InChI=1S/C13H16O4/c1-8(6-12(14)15)10-5-9(2)13-11(7-10)16-3-4-17-13/h5,7-8H,3-4,6H2,1-2H3,(H,14,15). The third kappa shape index (κ3) is 2.52. The molecule has 0 spiro atoms. The molecule has 1 aromatic rings. The zero-order valence-corrected chi connectivity index (χ0v) is 10.0. The lowest BCUT2D eigenvalue weighted by Gasteiger charge is -2.22. The second kappa shape index (κ2) is 4.65. The summed E-state index contributed by atoms with van der Waals surface area (Å²) in [5.41, 5.74) is 1.98. The van der Waals surface area contributed by atoms with Gasteiger partial charge in [-0.05, 0) is 30.0 Å². The Balaban J connectivity index is 2.30. The Labute approximate surface area is 100 Å². The summed E-state index contributed by atoms with van der Waals surface area (Å²) in [5, 5.41) is 8.80. The van der Waals surface area contributed by atoms with E-state index in [1.165, 1.54) is 0 Å². The van der Waals surface area contributed by atoms with E-state index in [9.17, 15) is 4.79 Å². The van der Waals surface area contributed by atoms with Gasteiger partial charge in [-0.25, -0.2) is 0 Å². The van der Waals surface area contributed by atoms with Crippen LogP contribution in [0.1, 0.15) is 30.4 Å². The minimum Gasteiger partial charge on any atom is -0.486 e. The fourth-order valence-electron chi connectivity index (χ4n) is 2.02. The summed E-state index contributed by atoms with van der Waals surface area (Å²) in [5.74, 6) is 0.693. The zero-order chi connectivity index (χ0) is 12.4. The van der Waals surface area contributed by atoms with Crippen molar-refractivity contribution in [3.8, 4) is 11.5 Å². The first kappa shape index (κ1) is 11.8. The van der Waals surface area contributed by atoms with Crippen molar-refractivity contribution >= 4 is 5.97 Å². The molecule has 0 aliphatic carbocycles. The SMILES string of the molecule is Cc1cc(C(C)CC(=O)O)cc2c1OCCO2. The summed E-state index contributed by atoms with van der Waals surface area (Å²) in [4.78, 5) is 10.7. The number of aliphatic carboxylic acids is 1. The molecule has 1 N–H and O–H groups in total.